The first kappa shape index (κ1) is 12.6. The highest BCUT2D eigenvalue weighted by molar-refractivity contribution is 6.05. The molecule has 6 heteroatoms. The van der Waals surface area contributed by atoms with Crippen molar-refractivity contribution in [3.05, 3.63) is 17.7 Å². The topological polar surface area (TPSA) is 67.2 Å². The zero-order valence-corrected chi connectivity index (χ0v) is 10.9. The van der Waals surface area contributed by atoms with Crippen LogP contribution in [0, 0.1) is 0 Å². The molecule has 0 fully saturated rings. The highest BCUT2D eigenvalue weighted by Crippen LogP contribution is 2.19. The number of aromatic nitrogens is 2. The minimum Gasteiger partial charge on any atom is -0.349 e. The molecule has 0 aliphatic carbocycles. The molecule has 0 spiro atoms. The van der Waals surface area contributed by atoms with Gasteiger partial charge in [-0.3, -0.25) is 9.59 Å². The molecule has 0 aromatic carbocycles. The maximum atomic E-state index is 12.3. The minimum atomic E-state index is -0.221. The lowest BCUT2D eigenvalue weighted by atomic mass is 10.2. The van der Waals surface area contributed by atoms with E-state index < -0.39 is 0 Å². The third kappa shape index (κ3) is 1.87. The molecular formula is C12H18N4O2. The van der Waals surface area contributed by atoms with Crippen LogP contribution in [0.25, 0.3) is 0 Å². The van der Waals surface area contributed by atoms with Crippen molar-refractivity contribution in [3.63, 3.8) is 0 Å². The van der Waals surface area contributed by atoms with Gasteiger partial charge in [-0.05, 0) is 20.8 Å². The largest absolute Gasteiger partial charge is 0.349 e. The zero-order chi connectivity index (χ0) is 13.3. The second kappa shape index (κ2) is 4.80. The van der Waals surface area contributed by atoms with Gasteiger partial charge in [-0.2, -0.15) is 0 Å². The average molecular weight is 250 g/mol. The Bertz CT molecular complexity index is 476. The van der Waals surface area contributed by atoms with Gasteiger partial charge in [0.05, 0.1) is 6.33 Å². The zero-order valence-electron chi connectivity index (χ0n) is 10.9. The number of nitrogens with one attached hydrogen (secondary N) is 1. The van der Waals surface area contributed by atoms with Crippen molar-refractivity contribution in [3.8, 4) is 0 Å². The highest BCUT2D eigenvalue weighted by Gasteiger charge is 2.30. The molecule has 1 aliphatic heterocycles. The van der Waals surface area contributed by atoms with Crippen LogP contribution < -0.4 is 5.32 Å². The van der Waals surface area contributed by atoms with Crippen LogP contribution in [0.5, 0.6) is 0 Å². The van der Waals surface area contributed by atoms with E-state index in [1.807, 2.05) is 20.8 Å². The first-order valence-corrected chi connectivity index (χ1v) is 6.24. The molecule has 0 saturated heterocycles. The predicted octanol–water partition coefficient (Wildman–Crippen LogP) is 0.669. The van der Waals surface area contributed by atoms with Gasteiger partial charge in [0.25, 0.3) is 11.8 Å². The molecule has 0 bridgehead atoms. The monoisotopic (exact) mass is 250 g/mol. The van der Waals surface area contributed by atoms with Crippen LogP contribution in [0.4, 0.5) is 0 Å². The molecule has 0 radical (unpaired) electrons. The fraction of sp³-hybridized carbons (Fsp3) is 0.583. The molecule has 98 valence electrons. The number of nitrogens with zero attached hydrogens (tertiary/aromatic N) is 3. The van der Waals surface area contributed by atoms with Crippen molar-refractivity contribution >= 4 is 11.8 Å². The predicted molar refractivity (Wildman–Crippen MR) is 66.5 cm³/mol. The van der Waals surface area contributed by atoms with Gasteiger partial charge in [0.1, 0.15) is 5.69 Å². The lowest BCUT2D eigenvalue weighted by molar-refractivity contribution is 0.0757. The molecule has 2 heterocycles. The van der Waals surface area contributed by atoms with Crippen LogP contribution in [-0.4, -0.2) is 45.9 Å². The van der Waals surface area contributed by atoms with Gasteiger partial charge < -0.3 is 14.8 Å². The van der Waals surface area contributed by atoms with Crippen LogP contribution in [0.15, 0.2) is 6.33 Å². The fourth-order valence-electron chi connectivity index (χ4n) is 2.16. The molecule has 2 rings (SSSR count). The first-order valence-electron chi connectivity index (χ1n) is 6.24. The Morgan fingerprint density at radius 3 is 2.83 bits per heavy atom. The first-order chi connectivity index (χ1) is 8.60. The SMILES string of the molecule is CCN(CC)C(=O)c1ncn2c1C(=O)NC[C@@H]2C. The summed E-state index contributed by atoms with van der Waals surface area (Å²) in [7, 11) is 0. The van der Waals surface area contributed by atoms with Gasteiger partial charge in [0.15, 0.2) is 5.69 Å². The smallest absolute Gasteiger partial charge is 0.274 e. The van der Waals surface area contributed by atoms with Crippen molar-refractivity contribution in [2.45, 2.75) is 26.8 Å². The van der Waals surface area contributed by atoms with Gasteiger partial charge >= 0.3 is 0 Å². The summed E-state index contributed by atoms with van der Waals surface area (Å²) in [5.74, 6) is -0.404. The molecule has 1 aliphatic rings. The molecule has 1 aromatic rings. The Morgan fingerprint density at radius 2 is 2.22 bits per heavy atom. The van der Waals surface area contributed by atoms with Crippen molar-refractivity contribution in [2.24, 2.45) is 0 Å². The Kier molecular flexibility index (Phi) is 3.36. The lowest BCUT2D eigenvalue weighted by Gasteiger charge is -2.23. The number of amides is 2. The number of rotatable bonds is 3. The Morgan fingerprint density at radius 1 is 1.56 bits per heavy atom. The van der Waals surface area contributed by atoms with Gasteiger partial charge in [0.2, 0.25) is 0 Å². The van der Waals surface area contributed by atoms with Crippen molar-refractivity contribution in [2.75, 3.05) is 19.6 Å². The van der Waals surface area contributed by atoms with Crippen LogP contribution in [0.3, 0.4) is 0 Å². The summed E-state index contributed by atoms with van der Waals surface area (Å²) >= 11 is 0. The number of fused-ring (bicyclic) bond motifs is 1. The Hall–Kier alpha value is -1.85. The second-order valence-electron chi connectivity index (χ2n) is 4.39. The maximum Gasteiger partial charge on any atom is 0.274 e. The molecule has 1 atom stereocenters. The molecular weight excluding hydrogens is 232 g/mol. The van der Waals surface area contributed by atoms with E-state index in [2.05, 4.69) is 10.3 Å². The summed E-state index contributed by atoms with van der Waals surface area (Å²) in [6.45, 7) is 7.59. The van der Waals surface area contributed by atoms with Crippen molar-refractivity contribution < 1.29 is 9.59 Å². The van der Waals surface area contributed by atoms with E-state index in [-0.39, 0.29) is 23.6 Å². The van der Waals surface area contributed by atoms with Crippen molar-refractivity contribution in [1.82, 2.24) is 19.8 Å². The number of hydrogen-bond acceptors (Lipinski definition) is 3. The van der Waals surface area contributed by atoms with E-state index in [1.54, 1.807) is 15.8 Å². The van der Waals surface area contributed by atoms with E-state index in [1.165, 1.54) is 0 Å². The van der Waals surface area contributed by atoms with Crippen LogP contribution >= 0.6 is 0 Å². The second-order valence-corrected chi connectivity index (χ2v) is 4.39. The number of hydrogen-bond donors (Lipinski definition) is 1. The standard InChI is InChI=1S/C12H18N4O2/c1-4-15(5-2)12(18)9-10-11(17)13-6-8(3)16(10)7-14-9/h7-8H,4-6H2,1-3H3,(H,13,17)/t8-/m0/s1. The number of carbonyl (C=O) groups is 2. The summed E-state index contributed by atoms with van der Waals surface area (Å²) in [5.41, 5.74) is 0.633. The Labute approximate surface area is 106 Å². The maximum absolute atomic E-state index is 12.3. The minimum absolute atomic E-state index is 0.128. The van der Waals surface area contributed by atoms with Gasteiger partial charge in [-0.15, -0.1) is 0 Å². The third-order valence-electron chi connectivity index (χ3n) is 3.29. The fourth-order valence-corrected chi connectivity index (χ4v) is 2.16. The average Bonchev–Trinajstić information content (AvgIpc) is 2.81. The molecule has 0 saturated carbocycles. The molecule has 18 heavy (non-hydrogen) atoms. The summed E-state index contributed by atoms with van der Waals surface area (Å²) in [6, 6.07) is 0.128. The summed E-state index contributed by atoms with van der Waals surface area (Å²) < 4.78 is 1.77. The van der Waals surface area contributed by atoms with Gasteiger partial charge in [0, 0.05) is 25.7 Å². The van der Waals surface area contributed by atoms with Crippen LogP contribution in [0.2, 0.25) is 0 Å². The molecule has 1 aromatic heterocycles. The third-order valence-corrected chi connectivity index (χ3v) is 3.29. The van der Waals surface area contributed by atoms with E-state index in [0.29, 0.717) is 25.3 Å². The molecule has 1 N–H and O–H groups in total. The van der Waals surface area contributed by atoms with E-state index in [4.69, 9.17) is 0 Å². The van der Waals surface area contributed by atoms with Crippen molar-refractivity contribution in [1.29, 1.82) is 0 Å². The quantitative estimate of drug-likeness (QED) is 0.857. The van der Waals surface area contributed by atoms with Crippen LogP contribution in [0.1, 0.15) is 47.8 Å². The van der Waals surface area contributed by atoms with Gasteiger partial charge in [-0.1, -0.05) is 0 Å². The summed E-state index contributed by atoms with van der Waals surface area (Å²) in [6.07, 6.45) is 1.58. The van der Waals surface area contributed by atoms with E-state index in [0.717, 1.165) is 0 Å². The molecule has 0 unspecified atom stereocenters. The number of imidazole rings is 1. The molecule has 2 amide bonds. The Balaban J connectivity index is 2.41. The number of carbonyl (C=O) groups excluding carboxylic acids is 2. The van der Waals surface area contributed by atoms with Crippen LogP contribution in [-0.2, 0) is 0 Å². The lowest BCUT2D eigenvalue weighted by Crippen LogP contribution is -2.40. The van der Waals surface area contributed by atoms with Gasteiger partial charge in [-0.25, -0.2) is 4.98 Å². The highest BCUT2D eigenvalue weighted by atomic mass is 16.2. The van der Waals surface area contributed by atoms with E-state index in [9.17, 15) is 9.59 Å². The molecule has 6 nitrogen and oxygen atoms in total. The summed E-state index contributed by atoms with van der Waals surface area (Å²) in [5, 5.41) is 2.77. The van der Waals surface area contributed by atoms with E-state index >= 15 is 0 Å². The normalized spacial score (nSPS) is 18.2. The summed E-state index contributed by atoms with van der Waals surface area (Å²) in [4.78, 5) is 29.9.